The third-order valence-electron chi connectivity index (χ3n) is 1.74. The number of phenols is 1. The van der Waals surface area contributed by atoms with Crippen LogP contribution in [0.5, 0.6) is 5.75 Å². The minimum absolute atomic E-state index is 0.227. The number of nitrogen functional groups attached to an aromatic ring is 1. The molecule has 1 rings (SSSR count). The number of hydrogen-bond acceptors (Lipinski definition) is 2. The summed E-state index contributed by atoms with van der Waals surface area (Å²) in [5, 5.41) is 9.07. The van der Waals surface area contributed by atoms with Crippen LogP contribution in [0, 0.1) is 6.92 Å². The summed E-state index contributed by atoms with van der Waals surface area (Å²) < 4.78 is 36.4. The van der Waals surface area contributed by atoms with Crippen molar-refractivity contribution in [1.82, 2.24) is 0 Å². The molecule has 0 amide bonds. The van der Waals surface area contributed by atoms with Crippen LogP contribution in [0.1, 0.15) is 11.1 Å². The number of aromatic hydroxyl groups is 1. The van der Waals surface area contributed by atoms with Gasteiger partial charge in [0.25, 0.3) is 0 Å². The van der Waals surface area contributed by atoms with Crippen molar-refractivity contribution in [2.75, 3.05) is 5.73 Å². The zero-order chi connectivity index (χ0) is 10.2. The molecule has 0 aromatic heterocycles. The topological polar surface area (TPSA) is 46.2 Å². The number of anilines is 1. The van der Waals surface area contributed by atoms with E-state index in [4.69, 9.17) is 10.8 Å². The van der Waals surface area contributed by atoms with E-state index in [1.54, 1.807) is 0 Å². The van der Waals surface area contributed by atoms with Gasteiger partial charge in [0.05, 0.1) is 11.3 Å². The molecule has 1 aromatic rings. The molecule has 0 spiro atoms. The number of alkyl halides is 3. The summed E-state index contributed by atoms with van der Waals surface area (Å²) >= 11 is 0. The molecule has 0 atom stereocenters. The van der Waals surface area contributed by atoms with Crippen molar-refractivity contribution in [1.29, 1.82) is 0 Å². The molecule has 72 valence electrons. The SMILES string of the molecule is Cc1ccc(C(F)(F)F)c(O)c1N. The zero-order valence-electron chi connectivity index (χ0n) is 6.81. The van der Waals surface area contributed by atoms with Gasteiger partial charge in [-0.05, 0) is 18.6 Å². The second-order valence-corrected chi connectivity index (χ2v) is 2.69. The fourth-order valence-corrected chi connectivity index (χ4v) is 0.938. The van der Waals surface area contributed by atoms with E-state index in [1.807, 2.05) is 0 Å². The van der Waals surface area contributed by atoms with Crippen molar-refractivity contribution in [2.24, 2.45) is 0 Å². The van der Waals surface area contributed by atoms with Gasteiger partial charge in [-0.15, -0.1) is 0 Å². The van der Waals surface area contributed by atoms with Crippen LogP contribution in [-0.2, 0) is 6.18 Å². The first-order valence-corrected chi connectivity index (χ1v) is 3.49. The molecule has 0 saturated heterocycles. The number of aryl methyl sites for hydroxylation is 1. The lowest BCUT2D eigenvalue weighted by atomic mass is 10.1. The van der Waals surface area contributed by atoms with Crippen LogP contribution in [0.3, 0.4) is 0 Å². The Labute approximate surface area is 72.8 Å². The number of nitrogens with two attached hydrogens (primary N) is 1. The summed E-state index contributed by atoms with van der Waals surface area (Å²) in [6.07, 6.45) is -4.56. The lowest BCUT2D eigenvalue weighted by Crippen LogP contribution is -2.07. The van der Waals surface area contributed by atoms with E-state index in [0.717, 1.165) is 6.07 Å². The number of halogens is 3. The number of phenolic OH excluding ortho intramolecular Hbond substituents is 1. The molecule has 5 heteroatoms. The normalized spacial score (nSPS) is 11.7. The van der Waals surface area contributed by atoms with Crippen LogP contribution >= 0.6 is 0 Å². The van der Waals surface area contributed by atoms with Gasteiger partial charge in [-0.2, -0.15) is 13.2 Å². The third-order valence-corrected chi connectivity index (χ3v) is 1.74. The summed E-state index contributed by atoms with van der Waals surface area (Å²) in [5.41, 5.74) is 4.32. The summed E-state index contributed by atoms with van der Waals surface area (Å²) in [4.78, 5) is 0. The van der Waals surface area contributed by atoms with Crippen molar-refractivity contribution in [3.63, 3.8) is 0 Å². The average Bonchev–Trinajstić information content (AvgIpc) is 1.98. The smallest absolute Gasteiger partial charge is 0.420 e. The Kier molecular flexibility index (Phi) is 2.11. The maximum atomic E-state index is 12.1. The Balaban J connectivity index is 3.35. The van der Waals surface area contributed by atoms with Crippen LogP contribution in [-0.4, -0.2) is 5.11 Å². The molecule has 0 fully saturated rings. The number of rotatable bonds is 0. The highest BCUT2D eigenvalue weighted by molar-refractivity contribution is 5.61. The van der Waals surface area contributed by atoms with Gasteiger partial charge in [-0.1, -0.05) is 6.07 Å². The molecule has 0 heterocycles. The Morgan fingerprint density at radius 2 is 1.85 bits per heavy atom. The van der Waals surface area contributed by atoms with Crippen LogP contribution in [0.25, 0.3) is 0 Å². The first-order chi connectivity index (χ1) is 5.84. The first kappa shape index (κ1) is 9.70. The van der Waals surface area contributed by atoms with Gasteiger partial charge in [0.2, 0.25) is 0 Å². The highest BCUT2D eigenvalue weighted by atomic mass is 19.4. The molecule has 0 unspecified atom stereocenters. The first-order valence-electron chi connectivity index (χ1n) is 3.49. The fourth-order valence-electron chi connectivity index (χ4n) is 0.938. The molecule has 0 radical (unpaired) electrons. The predicted octanol–water partition coefficient (Wildman–Crippen LogP) is 2.30. The summed E-state index contributed by atoms with van der Waals surface area (Å²) in [7, 11) is 0. The van der Waals surface area contributed by atoms with E-state index in [-0.39, 0.29) is 5.69 Å². The summed E-state index contributed by atoms with van der Waals surface area (Å²) in [6, 6.07) is 2.03. The van der Waals surface area contributed by atoms with E-state index in [9.17, 15) is 13.2 Å². The van der Waals surface area contributed by atoms with E-state index < -0.39 is 17.5 Å². The van der Waals surface area contributed by atoms with Crippen LogP contribution in [0.4, 0.5) is 18.9 Å². The van der Waals surface area contributed by atoms with E-state index in [0.29, 0.717) is 5.56 Å². The molecule has 0 aliphatic rings. The van der Waals surface area contributed by atoms with E-state index in [1.165, 1.54) is 13.0 Å². The van der Waals surface area contributed by atoms with Crippen LogP contribution in [0.2, 0.25) is 0 Å². The molecule has 3 N–H and O–H groups in total. The minimum Gasteiger partial charge on any atom is -0.505 e. The fraction of sp³-hybridized carbons (Fsp3) is 0.250. The molecular formula is C8H8F3NO. The lowest BCUT2D eigenvalue weighted by molar-refractivity contribution is -0.138. The maximum absolute atomic E-state index is 12.1. The standard InChI is InChI=1S/C8H8F3NO/c1-4-2-3-5(8(9,10)11)7(13)6(4)12/h2-3,13H,12H2,1H3. The number of benzene rings is 1. The van der Waals surface area contributed by atoms with E-state index in [2.05, 4.69) is 0 Å². The van der Waals surface area contributed by atoms with Crippen LogP contribution in [0.15, 0.2) is 12.1 Å². The maximum Gasteiger partial charge on any atom is 0.420 e. The highest BCUT2D eigenvalue weighted by Gasteiger charge is 2.34. The van der Waals surface area contributed by atoms with E-state index >= 15 is 0 Å². The summed E-state index contributed by atoms with van der Waals surface area (Å²) in [5.74, 6) is -0.896. The third kappa shape index (κ3) is 1.68. The lowest BCUT2D eigenvalue weighted by Gasteiger charge is -2.11. The molecular weight excluding hydrogens is 183 g/mol. The molecule has 0 aliphatic carbocycles. The second kappa shape index (κ2) is 2.83. The quantitative estimate of drug-likeness (QED) is 0.488. The molecule has 0 saturated carbocycles. The van der Waals surface area contributed by atoms with Crippen molar-refractivity contribution in [3.8, 4) is 5.75 Å². The monoisotopic (exact) mass is 191 g/mol. The minimum atomic E-state index is -4.56. The Bertz CT molecular complexity index is 333. The molecule has 13 heavy (non-hydrogen) atoms. The molecule has 0 aliphatic heterocycles. The number of hydrogen-bond donors (Lipinski definition) is 2. The Morgan fingerprint density at radius 3 is 2.31 bits per heavy atom. The largest absolute Gasteiger partial charge is 0.505 e. The zero-order valence-corrected chi connectivity index (χ0v) is 6.81. The average molecular weight is 191 g/mol. The highest BCUT2D eigenvalue weighted by Crippen LogP contribution is 2.39. The van der Waals surface area contributed by atoms with Crippen molar-refractivity contribution < 1.29 is 18.3 Å². The predicted molar refractivity (Wildman–Crippen MR) is 42.3 cm³/mol. The van der Waals surface area contributed by atoms with Crippen molar-refractivity contribution in [2.45, 2.75) is 13.1 Å². The molecule has 0 bridgehead atoms. The van der Waals surface area contributed by atoms with Gasteiger partial charge in [0.15, 0.2) is 5.75 Å². The van der Waals surface area contributed by atoms with Crippen molar-refractivity contribution >= 4 is 5.69 Å². The molecule has 1 aromatic carbocycles. The van der Waals surface area contributed by atoms with Gasteiger partial charge in [-0.3, -0.25) is 0 Å². The second-order valence-electron chi connectivity index (χ2n) is 2.69. The van der Waals surface area contributed by atoms with Gasteiger partial charge in [0.1, 0.15) is 0 Å². The summed E-state index contributed by atoms with van der Waals surface area (Å²) in [6.45, 7) is 1.52. The molecule has 2 nitrogen and oxygen atoms in total. The Morgan fingerprint density at radius 1 is 1.31 bits per heavy atom. The van der Waals surface area contributed by atoms with Gasteiger partial charge in [-0.25, -0.2) is 0 Å². The van der Waals surface area contributed by atoms with Gasteiger partial charge in [0, 0.05) is 0 Å². The van der Waals surface area contributed by atoms with Gasteiger partial charge < -0.3 is 10.8 Å². The van der Waals surface area contributed by atoms with Crippen LogP contribution < -0.4 is 5.73 Å². The Hall–Kier alpha value is -1.39. The van der Waals surface area contributed by atoms with Crippen molar-refractivity contribution in [3.05, 3.63) is 23.3 Å². The van der Waals surface area contributed by atoms with Gasteiger partial charge >= 0.3 is 6.18 Å².